The number of H-pyrrole nitrogens is 1. The summed E-state index contributed by atoms with van der Waals surface area (Å²) in [4.78, 5) is 2.81. The fraction of sp³-hybridized carbons (Fsp3) is 0.111. The number of hydrogen-bond acceptors (Lipinski definition) is 1. The van der Waals surface area contributed by atoms with Gasteiger partial charge in [0, 0.05) is 11.6 Å². The number of nitrogens with one attached hydrogen (secondary N) is 1. The predicted molar refractivity (Wildman–Crippen MR) is 52.5 cm³/mol. The van der Waals surface area contributed by atoms with Crippen LogP contribution in [0.3, 0.4) is 0 Å². The van der Waals surface area contributed by atoms with Gasteiger partial charge < -0.3 is 9.72 Å². The smallest absolute Gasteiger partial charge is 0.148 e. The van der Waals surface area contributed by atoms with E-state index in [1.165, 1.54) is 6.07 Å². The Kier molecular flexibility index (Phi) is 2.00. The number of rotatable bonds is 1. The van der Waals surface area contributed by atoms with Gasteiger partial charge in [0.25, 0.3) is 0 Å². The number of ether oxygens (including phenoxy) is 1. The van der Waals surface area contributed by atoms with Crippen LogP contribution in [0.2, 0.25) is 0 Å². The molecule has 68 valence electrons. The summed E-state index contributed by atoms with van der Waals surface area (Å²) in [7, 11) is 1.56. The first-order chi connectivity index (χ1) is 6.24. The molecule has 1 aromatic heterocycles. The van der Waals surface area contributed by atoms with Crippen molar-refractivity contribution < 1.29 is 9.13 Å². The van der Waals surface area contributed by atoms with E-state index < -0.39 is 0 Å². The molecule has 0 aliphatic carbocycles. The summed E-state index contributed by atoms with van der Waals surface area (Å²) in [5.41, 5.74) is 0.472. The number of halogens is 2. The molecule has 13 heavy (non-hydrogen) atoms. The van der Waals surface area contributed by atoms with E-state index >= 15 is 0 Å². The molecule has 0 saturated carbocycles. The highest BCUT2D eigenvalue weighted by Gasteiger charge is 2.11. The third kappa shape index (κ3) is 1.21. The van der Waals surface area contributed by atoms with Crippen molar-refractivity contribution in [3.05, 3.63) is 28.6 Å². The highest BCUT2D eigenvalue weighted by molar-refractivity contribution is 9.10. The Hall–Kier alpha value is -1.03. The zero-order chi connectivity index (χ0) is 9.42. The van der Waals surface area contributed by atoms with Crippen molar-refractivity contribution in [3.8, 4) is 5.75 Å². The van der Waals surface area contributed by atoms with Gasteiger partial charge in [-0.1, -0.05) is 0 Å². The highest BCUT2D eigenvalue weighted by atomic mass is 79.9. The highest BCUT2D eigenvalue weighted by Crippen LogP contribution is 2.34. The van der Waals surface area contributed by atoms with Gasteiger partial charge in [0.2, 0.25) is 0 Å². The first-order valence-corrected chi connectivity index (χ1v) is 4.52. The van der Waals surface area contributed by atoms with E-state index in [1.807, 2.05) is 0 Å². The van der Waals surface area contributed by atoms with Gasteiger partial charge in [-0.25, -0.2) is 4.39 Å². The first kappa shape index (κ1) is 8.56. The molecule has 0 aliphatic rings. The maximum absolute atomic E-state index is 13.3. The lowest BCUT2D eigenvalue weighted by atomic mass is 10.2. The maximum atomic E-state index is 13.3. The summed E-state index contributed by atoms with van der Waals surface area (Å²) in [5.74, 6) is 0.366. The summed E-state index contributed by atoms with van der Waals surface area (Å²) in [6.45, 7) is 0. The van der Waals surface area contributed by atoms with Gasteiger partial charge in [0.1, 0.15) is 11.6 Å². The summed E-state index contributed by atoms with van der Waals surface area (Å²) in [6.07, 6.45) is 1.68. The van der Waals surface area contributed by atoms with Crippen LogP contribution in [-0.4, -0.2) is 12.1 Å². The zero-order valence-electron chi connectivity index (χ0n) is 6.90. The van der Waals surface area contributed by atoms with Crippen LogP contribution in [0, 0.1) is 5.82 Å². The largest absolute Gasteiger partial charge is 0.495 e. The molecule has 0 radical (unpaired) electrons. The summed E-state index contributed by atoms with van der Waals surface area (Å²) >= 11 is 3.23. The fourth-order valence-corrected chi connectivity index (χ4v) is 1.92. The van der Waals surface area contributed by atoms with E-state index in [0.29, 0.717) is 15.7 Å². The van der Waals surface area contributed by atoms with Gasteiger partial charge in [-0.15, -0.1) is 0 Å². The minimum atomic E-state index is -0.285. The minimum absolute atomic E-state index is 0.285. The van der Waals surface area contributed by atoms with Crippen molar-refractivity contribution >= 4 is 26.8 Å². The monoisotopic (exact) mass is 243 g/mol. The Morgan fingerprint density at radius 2 is 2.31 bits per heavy atom. The van der Waals surface area contributed by atoms with Crippen molar-refractivity contribution in [1.29, 1.82) is 0 Å². The third-order valence-corrected chi connectivity index (χ3v) is 2.49. The summed E-state index contributed by atoms with van der Waals surface area (Å²) < 4.78 is 19.0. The molecule has 2 aromatic rings. The Morgan fingerprint density at radius 3 is 3.00 bits per heavy atom. The van der Waals surface area contributed by atoms with E-state index in [1.54, 1.807) is 19.4 Å². The third-order valence-electron chi connectivity index (χ3n) is 1.90. The van der Waals surface area contributed by atoms with E-state index in [9.17, 15) is 4.39 Å². The second kappa shape index (κ2) is 3.03. The second-order valence-electron chi connectivity index (χ2n) is 2.64. The van der Waals surface area contributed by atoms with Gasteiger partial charge in [0.15, 0.2) is 0 Å². The molecule has 0 atom stereocenters. The van der Waals surface area contributed by atoms with E-state index in [-0.39, 0.29) is 5.82 Å². The minimum Gasteiger partial charge on any atom is -0.495 e. The molecular formula is C9H7BrFNO. The maximum Gasteiger partial charge on any atom is 0.148 e. The van der Waals surface area contributed by atoms with E-state index in [2.05, 4.69) is 20.9 Å². The van der Waals surface area contributed by atoms with Crippen molar-refractivity contribution in [2.45, 2.75) is 0 Å². The Balaban J connectivity index is 2.88. The molecule has 4 heteroatoms. The van der Waals surface area contributed by atoms with Gasteiger partial charge in [-0.2, -0.15) is 0 Å². The quantitative estimate of drug-likeness (QED) is 0.819. The molecule has 1 N–H and O–H groups in total. The normalized spacial score (nSPS) is 10.7. The summed E-state index contributed by atoms with van der Waals surface area (Å²) in [6, 6.07) is 3.17. The number of hydrogen-bond donors (Lipinski definition) is 1. The fourth-order valence-electron chi connectivity index (χ4n) is 1.34. The number of methoxy groups -OCH3 is 1. The molecule has 0 saturated heterocycles. The van der Waals surface area contributed by atoms with Crippen molar-refractivity contribution in [1.82, 2.24) is 4.98 Å². The predicted octanol–water partition coefficient (Wildman–Crippen LogP) is 3.08. The summed E-state index contributed by atoms with van der Waals surface area (Å²) in [5, 5.41) is 0.745. The first-order valence-electron chi connectivity index (χ1n) is 3.73. The van der Waals surface area contributed by atoms with Crippen LogP contribution >= 0.6 is 15.9 Å². The second-order valence-corrected chi connectivity index (χ2v) is 3.49. The van der Waals surface area contributed by atoms with Crippen LogP contribution in [0.15, 0.2) is 22.8 Å². The molecule has 0 fully saturated rings. The molecule has 0 amide bonds. The van der Waals surface area contributed by atoms with Crippen LogP contribution in [0.25, 0.3) is 10.9 Å². The molecule has 2 nitrogen and oxygen atoms in total. The molecule has 2 rings (SSSR count). The number of benzene rings is 1. The van der Waals surface area contributed by atoms with Crippen LogP contribution in [0.1, 0.15) is 0 Å². The van der Waals surface area contributed by atoms with Gasteiger partial charge >= 0.3 is 0 Å². The van der Waals surface area contributed by atoms with Crippen molar-refractivity contribution in [2.75, 3.05) is 7.11 Å². The molecule has 0 unspecified atom stereocenters. The van der Waals surface area contributed by atoms with Crippen LogP contribution in [0.5, 0.6) is 5.75 Å². The standard InChI is InChI=1S/C9H7BrFNO/c1-13-9-5-2-3-12-8(5)7(11)4-6(9)10/h2-4,12H,1H3. The van der Waals surface area contributed by atoms with E-state index in [4.69, 9.17) is 4.74 Å². The Bertz CT molecular complexity index is 452. The molecule has 0 bridgehead atoms. The molecule has 1 aromatic carbocycles. The van der Waals surface area contributed by atoms with Gasteiger partial charge in [-0.3, -0.25) is 0 Å². The van der Waals surface area contributed by atoms with Crippen LogP contribution in [0.4, 0.5) is 4.39 Å². The molecular weight excluding hydrogens is 237 g/mol. The topological polar surface area (TPSA) is 25.0 Å². The average molecular weight is 244 g/mol. The van der Waals surface area contributed by atoms with Crippen molar-refractivity contribution in [3.63, 3.8) is 0 Å². The van der Waals surface area contributed by atoms with Crippen molar-refractivity contribution in [2.24, 2.45) is 0 Å². The molecule has 0 aliphatic heterocycles. The number of aromatic amines is 1. The Labute approximate surface area is 82.8 Å². The molecule has 0 spiro atoms. The molecule has 1 heterocycles. The average Bonchev–Trinajstić information content (AvgIpc) is 2.53. The van der Waals surface area contributed by atoms with E-state index in [0.717, 1.165) is 5.39 Å². The zero-order valence-corrected chi connectivity index (χ0v) is 8.48. The Morgan fingerprint density at radius 1 is 1.54 bits per heavy atom. The van der Waals surface area contributed by atoms with Crippen LogP contribution in [-0.2, 0) is 0 Å². The van der Waals surface area contributed by atoms with Gasteiger partial charge in [-0.05, 0) is 28.1 Å². The lowest BCUT2D eigenvalue weighted by molar-refractivity contribution is 0.416. The lowest BCUT2D eigenvalue weighted by Gasteiger charge is -2.04. The number of fused-ring (bicyclic) bond motifs is 1. The SMILES string of the molecule is COc1c(Br)cc(F)c2[nH]ccc12. The number of aromatic nitrogens is 1. The van der Waals surface area contributed by atoms with Gasteiger partial charge in [0.05, 0.1) is 17.1 Å². The van der Waals surface area contributed by atoms with Crippen LogP contribution < -0.4 is 4.74 Å². The lowest BCUT2D eigenvalue weighted by Crippen LogP contribution is -1.87.